The van der Waals surface area contributed by atoms with Gasteiger partial charge in [-0.3, -0.25) is 0 Å². The standard InChI is InChI=1S/C12H11N3S/c1-8-10(4-7-16-8)15-11-3-6-14-12-9(11)2-5-13-12/h2-7H,1H3,(H2,13,14,15). The number of nitrogens with one attached hydrogen (secondary N) is 2. The third kappa shape index (κ3) is 1.47. The van der Waals surface area contributed by atoms with Crippen LogP contribution in [0.1, 0.15) is 4.88 Å². The van der Waals surface area contributed by atoms with E-state index in [4.69, 9.17) is 0 Å². The molecule has 0 aliphatic rings. The molecule has 16 heavy (non-hydrogen) atoms. The van der Waals surface area contributed by atoms with Crippen LogP contribution in [0, 0.1) is 6.92 Å². The predicted molar refractivity (Wildman–Crippen MR) is 68.4 cm³/mol. The van der Waals surface area contributed by atoms with Gasteiger partial charge in [-0.25, -0.2) is 4.98 Å². The summed E-state index contributed by atoms with van der Waals surface area (Å²) in [6.45, 7) is 2.11. The van der Waals surface area contributed by atoms with E-state index >= 15 is 0 Å². The van der Waals surface area contributed by atoms with Crippen LogP contribution in [0.4, 0.5) is 11.4 Å². The van der Waals surface area contributed by atoms with E-state index in [1.54, 1.807) is 11.3 Å². The number of anilines is 2. The van der Waals surface area contributed by atoms with Crippen LogP contribution in [0.3, 0.4) is 0 Å². The molecule has 0 saturated heterocycles. The van der Waals surface area contributed by atoms with Crippen molar-refractivity contribution in [3.8, 4) is 0 Å². The summed E-state index contributed by atoms with van der Waals surface area (Å²) in [5, 5.41) is 6.64. The van der Waals surface area contributed by atoms with Gasteiger partial charge in [0.2, 0.25) is 0 Å². The van der Waals surface area contributed by atoms with Gasteiger partial charge in [0.05, 0.1) is 11.4 Å². The molecule has 0 amide bonds. The van der Waals surface area contributed by atoms with Crippen molar-refractivity contribution in [2.45, 2.75) is 6.92 Å². The van der Waals surface area contributed by atoms with Gasteiger partial charge >= 0.3 is 0 Å². The molecule has 3 nitrogen and oxygen atoms in total. The van der Waals surface area contributed by atoms with E-state index in [9.17, 15) is 0 Å². The van der Waals surface area contributed by atoms with Gasteiger partial charge in [-0.15, -0.1) is 11.3 Å². The molecule has 3 aromatic heterocycles. The van der Waals surface area contributed by atoms with Crippen molar-refractivity contribution in [1.29, 1.82) is 0 Å². The van der Waals surface area contributed by atoms with Gasteiger partial charge in [-0.1, -0.05) is 0 Å². The maximum absolute atomic E-state index is 4.26. The first kappa shape index (κ1) is 9.42. The van der Waals surface area contributed by atoms with Crippen molar-refractivity contribution in [2.75, 3.05) is 5.32 Å². The molecule has 4 heteroatoms. The summed E-state index contributed by atoms with van der Waals surface area (Å²) >= 11 is 1.75. The number of hydrogen-bond acceptors (Lipinski definition) is 3. The number of fused-ring (bicyclic) bond motifs is 1. The van der Waals surface area contributed by atoms with E-state index in [0.29, 0.717) is 0 Å². The first-order valence-corrected chi connectivity index (χ1v) is 5.96. The number of thiophene rings is 1. The van der Waals surface area contributed by atoms with Crippen LogP contribution >= 0.6 is 11.3 Å². The Labute approximate surface area is 97.2 Å². The number of H-pyrrole nitrogens is 1. The minimum Gasteiger partial charge on any atom is -0.354 e. The van der Waals surface area contributed by atoms with Gasteiger partial charge in [-0.05, 0) is 30.5 Å². The molecule has 3 heterocycles. The molecule has 0 fully saturated rings. The van der Waals surface area contributed by atoms with Crippen LogP contribution < -0.4 is 5.32 Å². The first-order valence-electron chi connectivity index (χ1n) is 5.08. The molecule has 0 saturated carbocycles. The largest absolute Gasteiger partial charge is 0.354 e. The summed E-state index contributed by atoms with van der Waals surface area (Å²) in [6, 6.07) is 6.12. The van der Waals surface area contributed by atoms with Gasteiger partial charge in [0, 0.05) is 22.7 Å². The zero-order valence-corrected chi connectivity index (χ0v) is 9.64. The molecule has 3 aromatic rings. The van der Waals surface area contributed by atoms with Crippen molar-refractivity contribution in [3.63, 3.8) is 0 Å². The minimum atomic E-state index is 0.915. The van der Waals surface area contributed by atoms with Crippen LogP contribution in [-0.4, -0.2) is 9.97 Å². The van der Waals surface area contributed by atoms with Crippen molar-refractivity contribution >= 4 is 33.7 Å². The van der Waals surface area contributed by atoms with Gasteiger partial charge in [-0.2, -0.15) is 0 Å². The van der Waals surface area contributed by atoms with Crippen molar-refractivity contribution in [1.82, 2.24) is 9.97 Å². The Bertz CT molecular complexity index is 624. The second kappa shape index (κ2) is 3.64. The average Bonchev–Trinajstić information content (AvgIpc) is 2.89. The number of rotatable bonds is 2. The normalized spacial score (nSPS) is 10.8. The van der Waals surface area contributed by atoms with E-state index < -0.39 is 0 Å². The number of aromatic nitrogens is 2. The van der Waals surface area contributed by atoms with Crippen LogP contribution in [0.25, 0.3) is 11.0 Å². The fraction of sp³-hybridized carbons (Fsp3) is 0.0833. The van der Waals surface area contributed by atoms with E-state index in [1.807, 2.05) is 24.5 Å². The number of hydrogen-bond donors (Lipinski definition) is 2. The van der Waals surface area contributed by atoms with Crippen LogP contribution in [-0.2, 0) is 0 Å². The predicted octanol–water partition coefficient (Wildman–Crippen LogP) is 3.68. The third-order valence-electron chi connectivity index (χ3n) is 2.59. The number of pyridine rings is 1. The lowest BCUT2D eigenvalue weighted by Crippen LogP contribution is -1.91. The van der Waals surface area contributed by atoms with Gasteiger partial charge < -0.3 is 10.3 Å². The van der Waals surface area contributed by atoms with Gasteiger partial charge in [0.15, 0.2) is 0 Å². The highest BCUT2D eigenvalue weighted by atomic mass is 32.1. The summed E-state index contributed by atoms with van der Waals surface area (Å²) in [5.74, 6) is 0. The topological polar surface area (TPSA) is 40.7 Å². The third-order valence-corrected chi connectivity index (χ3v) is 3.43. The second-order valence-corrected chi connectivity index (χ2v) is 4.73. The highest BCUT2D eigenvalue weighted by Gasteiger charge is 2.04. The summed E-state index contributed by atoms with van der Waals surface area (Å²) in [7, 11) is 0. The molecular weight excluding hydrogens is 218 g/mol. The number of aromatic amines is 1. The van der Waals surface area contributed by atoms with E-state index in [1.165, 1.54) is 10.6 Å². The molecule has 0 unspecified atom stereocenters. The van der Waals surface area contributed by atoms with E-state index in [2.05, 4.69) is 33.7 Å². The molecule has 0 bridgehead atoms. The molecule has 2 N–H and O–H groups in total. The fourth-order valence-corrected chi connectivity index (χ4v) is 2.38. The second-order valence-electron chi connectivity index (χ2n) is 3.61. The quantitative estimate of drug-likeness (QED) is 0.703. The molecule has 0 atom stereocenters. The first-order chi connectivity index (χ1) is 7.84. The summed E-state index contributed by atoms with van der Waals surface area (Å²) in [6.07, 6.45) is 3.71. The summed E-state index contributed by atoms with van der Waals surface area (Å²) < 4.78 is 0. The Kier molecular flexibility index (Phi) is 2.15. The van der Waals surface area contributed by atoms with Crippen LogP contribution in [0.5, 0.6) is 0 Å². The maximum atomic E-state index is 4.26. The Balaban J connectivity index is 2.07. The lowest BCUT2D eigenvalue weighted by molar-refractivity contribution is 1.32. The highest BCUT2D eigenvalue weighted by Crippen LogP contribution is 2.28. The maximum Gasteiger partial charge on any atom is 0.139 e. The molecule has 0 aliphatic carbocycles. The number of aryl methyl sites for hydroxylation is 1. The highest BCUT2D eigenvalue weighted by molar-refractivity contribution is 7.10. The summed E-state index contributed by atoms with van der Waals surface area (Å²) in [4.78, 5) is 8.66. The number of nitrogens with zero attached hydrogens (tertiary/aromatic N) is 1. The molecule has 0 aliphatic heterocycles. The molecule has 0 aromatic carbocycles. The summed E-state index contributed by atoms with van der Waals surface area (Å²) in [5.41, 5.74) is 3.17. The molecule has 0 radical (unpaired) electrons. The van der Waals surface area contributed by atoms with Crippen molar-refractivity contribution in [3.05, 3.63) is 40.8 Å². The Morgan fingerprint density at radius 1 is 1.25 bits per heavy atom. The lowest BCUT2D eigenvalue weighted by Gasteiger charge is -2.06. The van der Waals surface area contributed by atoms with Crippen LogP contribution in [0.15, 0.2) is 36.0 Å². The van der Waals surface area contributed by atoms with E-state index in [0.717, 1.165) is 16.7 Å². The Morgan fingerprint density at radius 2 is 2.19 bits per heavy atom. The smallest absolute Gasteiger partial charge is 0.139 e. The molecular formula is C12H11N3S. The Morgan fingerprint density at radius 3 is 3.00 bits per heavy atom. The van der Waals surface area contributed by atoms with E-state index in [-0.39, 0.29) is 0 Å². The minimum absolute atomic E-state index is 0.915. The zero-order chi connectivity index (χ0) is 11.0. The molecule has 0 spiro atoms. The van der Waals surface area contributed by atoms with Crippen molar-refractivity contribution < 1.29 is 0 Å². The van der Waals surface area contributed by atoms with Crippen LogP contribution in [0.2, 0.25) is 0 Å². The van der Waals surface area contributed by atoms with Gasteiger partial charge in [0.25, 0.3) is 0 Å². The van der Waals surface area contributed by atoms with Gasteiger partial charge in [0.1, 0.15) is 5.65 Å². The van der Waals surface area contributed by atoms with Crippen molar-refractivity contribution in [2.24, 2.45) is 0 Å². The Hall–Kier alpha value is -1.81. The molecule has 80 valence electrons. The molecule has 3 rings (SSSR count). The fourth-order valence-electron chi connectivity index (χ4n) is 1.73. The average molecular weight is 229 g/mol. The monoisotopic (exact) mass is 229 g/mol. The SMILES string of the molecule is Cc1sccc1Nc1ccnc2[nH]ccc12. The lowest BCUT2D eigenvalue weighted by atomic mass is 10.2. The zero-order valence-electron chi connectivity index (χ0n) is 8.82.